The largest absolute Gasteiger partial charge is 0.386 e. The monoisotopic (exact) mass is 397 g/mol. The molecule has 0 amide bonds. The molecule has 5 nitrogen and oxygen atoms in total. The Hall–Kier alpha value is -1.44. The summed E-state index contributed by atoms with van der Waals surface area (Å²) in [6.07, 6.45) is 5.04. The van der Waals surface area contributed by atoms with Crippen LogP contribution >= 0.6 is 0 Å². The average Bonchev–Trinajstić information content (AvgIpc) is 2.96. The molecular formula is C19H27NO4S2. The van der Waals surface area contributed by atoms with E-state index >= 15 is 0 Å². The molecule has 1 aliphatic carbocycles. The predicted molar refractivity (Wildman–Crippen MR) is 106 cm³/mol. The van der Waals surface area contributed by atoms with Gasteiger partial charge in [-0.2, -0.15) is 8.42 Å². The lowest BCUT2D eigenvalue weighted by molar-refractivity contribution is 0.118. The van der Waals surface area contributed by atoms with E-state index in [0.29, 0.717) is 5.57 Å². The zero-order valence-electron chi connectivity index (χ0n) is 16.1. The number of hydrogen-bond donors (Lipinski definition) is 1. The number of allylic oxidation sites excluding steroid dienone is 2. The highest BCUT2D eigenvalue weighted by Crippen LogP contribution is 2.37. The fraction of sp³-hybridized carbons (Fsp3) is 0.474. The summed E-state index contributed by atoms with van der Waals surface area (Å²) in [5.41, 5.74) is 0.192. The van der Waals surface area contributed by atoms with Crippen LogP contribution in [0.25, 0.3) is 0 Å². The van der Waals surface area contributed by atoms with Gasteiger partial charge >= 0.3 is 0 Å². The van der Waals surface area contributed by atoms with Crippen LogP contribution in [0.4, 0.5) is 0 Å². The maximum atomic E-state index is 14.0. The molecule has 0 fully saturated rings. The molecule has 1 aromatic rings. The van der Waals surface area contributed by atoms with Gasteiger partial charge in [-0.05, 0) is 59.2 Å². The zero-order chi connectivity index (χ0) is 20.0. The molecule has 2 rings (SSSR count). The van der Waals surface area contributed by atoms with E-state index in [9.17, 15) is 17.7 Å². The Labute approximate surface area is 157 Å². The number of rotatable bonds is 4. The van der Waals surface area contributed by atoms with Crippen molar-refractivity contribution in [2.24, 2.45) is 3.77 Å². The Kier molecular flexibility index (Phi) is 5.31. The minimum absolute atomic E-state index is 0.0100. The van der Waals surface area contributed by atoms with Crippen molar-refractivity contribution >= 4 is 19.8 Å². The second kappa shape index (κ2) is 6.62. The Balaban J connectivity index is 2.71. The first-order chi connectivity index (χ1) is 11.7. The molecular weight excluding hydrogens is 370 g/mol. The van der Waals surface area contributed by atoms with Gasteiger partial charge in [0.25, 0.3) is 10.0 Å². The highest BCUT2D eigenvalue weighted by Gasteiger charge is 2.42. The molecule has 1 aliphatic rings. The van der Waals surface area contributed by atoms with Gasteiger partial charge in [-0.25, -0.2) is 4.21 Å². The molecule has 0 saturated carbocycles. The standard InChI is InChI=1S/C19H27NO4S2/c1-14-10-12-15(13-11-14)26(23,24)20-25(22,18(2,3)4)17-9-7-8-16(17)19(5,6)21/h7-13,17,21H,1-6H3. The lowest BCUT2D eigenvalue weighted by Gasteiger charge is -2.33. The van der Waals surface area contributed by atoms with Crippen LogP contribution in [0.1, 0.15) is 40.2 Å². The van der Waals surface area contributed by atoms with E-state index in [1.54, 1.807) is 65.0 Å². The maximum absolute atomic E-state index is 14.0. The number of sulfonamides is 1. The summed E-state index contributed by atoms with van der Waals surface area (Å²) in [5.74, 6) is 0. The van der Waals surface area contributed by atoms with Crippen LogP contribution in [0.15, 0.2) is 56.7 Å². The van der Waals surface area contributed by atoms with Gasteiger partial charge in [-0.15, -0.1) is 3.77 Å². The van der Waals surface area contributed by atoms with Crippen molar-refractivity contribution in [2.75, 3.05) is 0 Å². The summed E-state index contributed by atoms with van der Waals surface area (Å²) in [6.45, 7) is 10.2. The molecule has 0 heterocycles. The van der Waals surface area contributed by atoms with Gasteiger partial charge in [-0.1, -0.05) is 35.9 Å². The van der Waals surface area contributed by atoms with E-state index in [4.69, 9.17) is 0 Å². The van der Waals surface area contributed by atoms with Gasteiger partial charge in [0.1, 0.15) is 0 Å². The third-order valence-corrected chi connectivity index (χ3v) is 9.72. The van der Waals surface area contributed by atoms with Gasteiger partial charge in [0.15, 0.2) is 0 Å². The van der Waals surface area contributed by atoms with E-state index < -0.39 is 35.4 Å². The van der Waals surface area contributed by atoms with Crippen molar-refractivity contribution in [1.29, 1.82) is 0 Å². The summed E-state index contributed by atoms with van der Waals surface area (Å²) in [6, 6.07) is 6.29. The van der Waals surface area contributed by atoms with E-state index in [0.717, 1.165) is 5.56 Å². The molecule has 0 spiro atoms. The summed E-state index contributed by atoms with van der Waals surface area (Å²) in [7, 11) is -7.43. The fourth-order valence-electron chi connectivity index (χ4n) is 2.73. The van der Waals surface area contributed by atoms with Crippen LogP contribution < -0.4 is 0 Å². The maximum Gasteiger partial charge on any atom is 0.290 e. The van der Waals surface area contributed by atoms with Gasteiger partial charge in [0.2, 0.25) is 0 Å². The van der Waals surface area contributed by atoms with Gasteiger partial charge < -0.3 is 5.11 Å². The molecule has 0 bridgehead atoms. The van der Waals surface area contributed by atoms with Crippen molar-refractivity contribution in [3.05, 3.63) is 53.6 Å². The number of aryl methyl sites for hydroxylation is 1. The second-order valence-corrected chi connectivity index (χ2v) is 12.9. The second-order valence-electron chi connectivity index (χ2n) is 8.03. The van der Waals surface area contributed by atoms with E-state index in [-0.39, 0.29) is 4.90 Å². The Morgan fingerprint density at radius 1 is 1.00 bits per heavy atom. The first-order valence-corrected chi connectivity index (χ1v) is 11.4. The van der Waals surface area contributed by atoms with Crippen LogP contribution in [-0.4, -0.2) is 33.3 Å². The van der Waals surface area contributed by atoms with Crippen molar-refractivity contribution in [3.63, 3.8) is 0 Å². The predicted octanol–water partition coefficient (Wildman–Crippen LogP) is 3.59. The average molecular weight is 398 g/mol. The summed E-state index contributed by atoms with van der Waals surface area (Å²) < 4.78 is 42.7. The summed E-state index contributed by atoms with van der Waals surface area (Å²) >= 11 is 0. The van der Waals surface area contributed by atoms with Gasteiger partial charge in [0, 0.05) is 4.75 Å². The molecule has 0 aliphatic heterocycles. The van der Waals surface area contributed by atoms with Crippen molar-refractivity contribution in [2.45, 2.75) is 62.0 Å². The zero-order valence-corrected chi connectivity index (χ0v) is 17.7. The highest BCUT2D eigenvalue weighted by atomic mass is 32.3. The lowest BCUT2D eigenvalue weighted by Crippen LogP contribution is -2.41. The molecule has 144 valence electrons. The van der Waals surface area contributed by atoms with Gasteiger partial charge in [-0.3, -0.25) is 0 Å². The third-order valence-electron chi connectivity index (χ3n) is 4.32. The molecule has 26 heavy (non-hydrogen) atoms. The van der Waals surface area contributed by atoms with Crippen molar-refractivity contribution < 1.29 is 17.7 Å². The number of aliphatic hydroxyl groups is 1. The normalized spacial score (nSPS) is 20.6. The van der Waals surface area contributed by atoms with Crippen LogP contribution in [0, 0.1) is 6.92 Å². The smallest absolute Gasteiger partial charge is 0.290 e. The molecule has 2 atom stereocenters. The van der Waals surface area contributed by atoms with Gasteiger partial charge in [0.05, 0.1) is 25.5 Å². The Bertz CT molecular complexity index is 964. The summed E-state index contributed by atoms with van der Waals surface area (Å²) in [4.78, 5) is 0.0100. The van der Waals surface area contributed by atoms with E-state index in [2.05, 4.69) is 3.77 Å². The Morgan fingerprint density at radius 2 is 1.54 bits per heavy atom. The highest BCUT2D eigenvalue weighted by molar-refractivity contribution is 8.04. The van der Waals surface area contributed by atoms with Crippen LogP contribution in [0.3, 0.4) is 0 Å². The summed E-state index contributed by atoms with van der Waals surface area (Å²) in [5, 5.41) is 9.66. The fourth-order valence-corrected chi connectivity index (χ4v) is 7.76. The minimum Gasteiger partial charge on any atom is -0.386 e. The van der Waals surface area contributed by atoms with E-state index in [1.807, 2.05) is 6.92 Å². The minimum atomic E-state index is -4.12. The molecule has 1 N–H and O–H groups in total. The van der Waals surface area contributed by atoms with Crippen molar-refractivity contribution in [3.8, 4) is 0 Å². The third kappa shape index (κ3) is 3.94. The molecule has 0 radical (unpaired) electrons. The molecule has 1 aromatic carbocycles. The number of benzene rings is 1. The SMILES string of the molecule is Cc1ccc(S(=O)(=O)N=S(=O)(C2C=CC=C2C(C)(C)O)C(C)(C)C)cc1. The first-order valence-electron chi connectivity index (χ1n) is 8.38. The first kappa shape index (κ1) is 20.9. The van der Waals surface area contributed by atoms with Crippen molar-refractivity contribution in [1.82, 2.24) is 0 Å². The lowest BCUT2D eigenvalue weighted by atomic mass is 9.97. The number of hydrogen-bond acceptors (Lipinski definition) is 4. The molecule has 0 aromatic heterocycles. The van der Waals surface area contributed by atoms with E-state index in [1.165, 1.54) is 12.1 Å². The quantitative estimate of drug-likeness (QED) is 0.841. The number of nitrogens with zero attached hydrogens (tertiary/aromatic N) is 1. The molecule has 7 heteroatoms. The topological polar surface area (TPSA) is 83.8 Å². The van der Waals surface area contributed by atoms with Crippen LogP contribution in [-0.2, 0) is 19.8 Å². The Morgan fingerprint density at radius 3 is 2.00 bits per heavy atom. The van der Waals surface area contributed by atoms with Crippen LogP contribution in [0.2, 0.25) is 0 Å². The van der Waals surface area contributed by atoms with Crippen LogP contribution in [0.5, 0.6) is 0 Å². The molecule has 0 saturated heterocycles. The molecule has 2 unspecified atom stereocenters.